The summed E-state index contributed by atoms with van der Waals surface area (Å²) in [6.45, 7) is 1.90. The Hall–Kier alpha value is -2.58. The second-order valence-electron chi connectivity index (χ2n) is 5.76. The van der Waals surface area contributed by atoms with Crippen LogP contribution in [0.3, 0.4) is 0 Å². The average Bonchev–Trinajstić information content (AvgIpc) is 3.18. The van der Waals surface area contributed by atoms with Gasteiger partial charge in [-0.25, -0.2) is 0 Å². The molecule has 26 heavy (non-hydrogen) atoms. The number of likely N-dealkylation sites (N-methyl/N-ethyl adjacent to an activating group) is 1. The number of hydrogen-bond acceptors (Lipinski definition) is 5. The quantitative estimate of drug-likeness (QED) is 0.731. The minimum Gasteiger partial charge on any atom is -0.486 e. The Morgan fingerprint density at radius 3 is 2.73 bits per heavy atom. The summed E-state index contributed by atoms with van der Waals surface area (Å²) in [4.78, 5) is 27.0. The molecule has 3 rings (SSSR count). The maximum atomic E-state index is 12.8. The predicted octanol–water partition coefficient (Wildman–Crippen LogP) is 0.362. The summed E-state index contributed by atoms with van der Waals surface area (Å²) >= 11 is 1.60. The number of quaternary nitrogens is 1. The van der Waals surface area contributed by atoms with Crippen molar-refractivity contribution in [2.24, 2.45) is 0 Å². The first-order chi connectivity index (χ1) is 12.7. The molecule has 2 amide bonds. The Bertz CT molecular complexity index is 764. The maximum absolute atomic E-state index is 12.8. The van der Waals surface area contributed by atoms with E-state index in [1.54, 1.807) is 28.6 Å². The van der Waals surface area contributed by atoms with Crippen LogP contribution < -0.4 is 25.0 Å². The highest BCUT2D eigenvalue weighted by Crippen LogP contribution is 2.34. The Kier molecular flexibility index (Phi) is 6.08. The van der Waals surface area contributed by atoms with Crippen LogP contribution in [0.4, 0.5) is 5.69 Å². The summed E-state index contributed by atoms with van der Waals surface area (Å²) in [6.07, 6.45) is 0. The van der Waals surface area contributed by atoms with Crippen LogP contribution in [0, 0.1) is 0 Å². The highest BCUT2D eigenvalue weighted by Gasteiger charge is 2.21. The molecule has 1 aliphatic rings. The van der Waals surface area contributed by atoms with E-state index in [1.807, 2.05) is 35.7 Å². The van der Waals surface area contributed by atoms with E-state index in [2.05, 4.69) is 5.32 Å². The third-order valence-corrected chi connectivity index (χ3v) is 4.82. The number of nitrogens with zero attached hydrogens (tertiary/aromatic N) is 1. The zero-order valence-corrected chi connectivity index (χ0v) is 15.4. The number of fused-ring (bicyclic) bond motifs is 1. The van der Waals surface area contributed by atoms with Crippen LogP contribution in [0.5, 0.6) is 11.5 Å². The Morgan fingerprint density at radius 1 is 1.19 bits per heavy atom. The van der Waals surface area contributed by atoms with Gasteiger partial charge < -0.3 is 25.0 Å². The third-order valence-electron chi connectivity index (χ3n) is 3.96. The number of nitrogens with two attached hydrogens (primary N) is 1. The van der Waals surface area contributed by atoms with Crippen LogP contribution in [-0.2, 0) is 16.1 Å². The Labute approximate surface area is 155 Å². The highest BCUT2D eigenvalue weighted by molar-refractivity contribution is 7.09. The summed E-state index contributed by atoms with van der Waals surface area (Å²) in [7, 11) is 1.58. The van der Waals surface area contributed by atoms with E-state index in [-0.39, 0.29) is 24.9 Å². The van der Waals surface area contributed by atoms with E-state index < -0.39 is 0 Å². The zero-order chi connectivity index (χ0) is 18.4. The van der Waals surface area contributed by atoms with Crippen molar-refractivity contribution in [2.45, 2.75) is 6.54 Å². The van der Waals surface area contributed by atoms with Gasteiger partial charge in [0.25, 0.3) is 11.8 Å². The van der Waals surface area contributed by atoms with Gasteiger partial charge in [0.15, 0.2) is 24.6 Å². The molecular weight excluding hydrogens is 354 g/mol. The Balaban J connectivity index is 1.76. The molecule has 1 aliphatic heterocycles. The van der Waals surface area contributed by atoms with Gasteiger partial charge in [0.05, 0.1) is 6.54 Å². The molecule has 0 spiro atoms. The number of nitrogens with one attached hydrogen (secondary N) is 1. The molecule has 0 saturated carbocycles. The molecule has 0 bridgehead atoms. The number of carbonyl (C=O) groups is 2. The molecule has 0 atom stereocenters. The van der Waals surface area contributed by atoms with Crippen LogP contribution in [-0.4, -0.2) is 45.2 Å². The number of amides is 2. The molecule has 0 unspecified atom stereocenters. The van der Waals surface area contributed by atoms with Crippen LogP contribution in [0.1, 0.15) is 4.88 Å². The molecule has 2 heterocycles. The molecule has 7 nitrogen and oxygen atoms in total. The second kappa shape index (κ2) is 8.68. The summed E-state index contributed by atoms with van der Waals surface area (Å²) in [5, 5.41) is 6.23. The molecule has 0 fully saturated rings. The van der Waals surface area contributed by atoms with Crippen molar-refractivity contribution in [2.75, 3.05) is 38.3 Å². The van der Waals surface area contributed by atoms with Crippen LogP contribution in [0.2, 0.25) is 0 Å². The number of ether oxygens (including phenoxy) is 2. The van der Waals surface area contributed by atoms with Crippen molar-refractivity contribution in [3.05, 3.63) is 40.6 Å². The fraction of sp³-hybridized carbons (Fsp3) is 0.333. The van der Waals surface area contributed by atoms with Crippen molar-refractivity contribution in [3.63, 3.8) is 0 Å². The van der Waals surface area contributed by atoms with Crippen molar-refractivity contribution in [1.29, 1.82) is 0 Å². The van der Waals surface area contributed by atoms with E-state index >= 15 is 0 Å². The van der Waals surface area contributed by atoms with Crippen LogP contribution >= 0.6 is 11.3 Å². The fourth-order valence-electron chi connectivity index (χ4n) is 2.62. The highest BCUT2D eigenvalue weighted by atomic mass is 32.1. The smallest absolute Gasteiger partial charge is 0.282 e. The van der Waals surface area contributed by atoms with Gasteiger partial charge in [0.2, 0.25) is 0 Å². The summed E-state index contributed by atoms with van der Waals surface area (Å²) < 4.78 is 11.2. The molecule has 1 aromatic carbocycles. The number of carbonyl (C=O) groups excluding carboxylic acids is 2. The Morgan fingerprint density at radius 2 is 2.00 bits per heavy atom. The standard InChI is InChI=1S/C18H21N3O4S/c1-19-17(22)10-20-11-18(23)21(12-14-3-2-8-26-14)13-4-5-15-16(9-13)25-7-6-24-15/h2-5,8-9,20H,6-7,10-12H2,1H3,(H,19,22)/p+1. The fourth-order valence-corrected chi connectivity index (χ4v) is 3.31. The van der Waals surface area contributed by atoms with Gasteiger partial charge in [0, 0.05) is 23.7 Å². The minimum absolute atomic E-state index is 0.0704. The molecule has 3 N–H and O–H groups in total. The number of benzene rings is 1. The number of thiophene rings is 1. The molecule has 0 radical (unpaired) electrons. The SMILES string of the molecule is CNC(=O)C[NH2+]CC(=O)N(Cc1cccs1)c1ccc2c(c1)OCCO2. The van der Waals surface area contributed by atoms with Gasteiger partial charge in [-0.05, 0) is 23.6 Å². The molecule has 138 valence electrons. The average molecular weight is 376 g/mol. The minimum atomic E-state index is -0.109. The zero-order valence-electron chi connectivity index (χ0n) is 14.6. The lowest BCUT2D eigenvalue weighted by Gasteiger charge is -2.24. The number of rotatable bonds is 7. The largest absolute Gasteiger partial charge is 0.486 e. The summed E-state index contributed by atoms with van der Waals surface area (Å²) in [6, 6.07) is 9.48. The maximum Gasteiger partial charge on any atom is 0.282 e. The van der Waals surface area contributed by atoms with Crippen molar-refractivity contribution < 1.29 is 24.4 Å². The lowest BCUT2D eigenvalue weighted by Crippen LogP contribution is -2.88. The molecule has 2 aromatic rings. The molecule has 0 saturated heterocycles. The van der Waals surface area contributed by atoms with E-state index in [0.717, 1.165) is 10.6 Å². The molecular formula is C18H22N3O4S+. The van der Waals surface area contributed by atoms with Gasteiger partial charge in [-0.3, -0.25) is 9.59 Å². The van der Waals surface area contributed by atoms with Crippen molar-refractivity contribution >= 4 is 28.8 Å². The van der Waals surface area contributed by atoms with Gasteiger partial charge in [-0.15, -0.1) is 11.3 Å². The van der Waals surface area contributed by atoms with Gasteiger partial charge in [-0.2, -0.15) is 0 Å². The molecule has 8 heteroatoms. The molecule has 1 aromatic heterocycles. The normalized spacial score (nSPS) is 12.5. The van der Waals surface area contributed by atoms with Gasteiger partial charge in [0.1, 0.15) is 13.2 Å². The number of hydrogen-bond donors (Lipinski definition) is 2. The van der Waals surface area contributed by atoms with Crippen molar-refractivity contribution in [1.82, 2.24) is 5.32 Å². The predicted molar refractivity (Wildman–Crippen MR) is 98.7 cm³/mol. The first-order valence-electron chi connectivity index (χ1n) is 8.42. The van der Waals surface area contributed by atoms with E-state index in [1.165, 1.54) is 0 Å². The van der Waals surface area contributed by atoms with Gasteiger partial charge in [-0.1, -0.05) is 6.07 Å². The van der Waals surface area contributed by atoms with Crippen molar-refractivity contribution in [3.8, 4) is 11.5 Å². The van der Waals surface area contributed by atoms with E-state index in [9.17, 15) is 9.59 Å². The van der Waals surface area contributed by atoms with Crippen LogP contribution in [0.25, 0.3) is 0 Å². The monoisotopic (exact) mass is 376 g/mol. The van der Waals surface area contributed by atoms with E-state index in [0.29, 0.717) is 31.3 Å². The van der Waals surface area contributed by atoms with E-state index in [4.69, 9.17) is 9.47 Å². The topological polar surface area (TPSA) is 84.5 Å². The van der Waals surface area contributed by atoms with Gasteiger partial charge >= 0.3 is 0 Å². The first-order valence-corrected chi connectivity index (χ1v) is 9.30. The lowest BCUT2D eigenvalue weighted by molar-refractivity contribution is -0.632. The summed E-state index contributed by atoms with van der Waals surface area (Å²) in [5.41, 5.74) is 0.751. The third kappa shape index (κ3) is 4.53. The number of anilines is 1. The summed E-state index contributed by atoms with van der Waals surface area (Å²) in [5.74, 6) is 1.16. The lowest BCUT2D eigenvalue weighted by atomic mass is 10.2. The molecule has 0 aliphatic carbocycles. The first kappa shape index (κ1) is 18.2. The van der Waals surface area contributed by atoms with Crippen LogP contribution in [0.15, 0.2) is 35.7 Å². The second-order valence-corrected chi connectivity index (χ2v) is 6.79.